The number of hydrogen-bond donors (Lipinski definition) is 1. The Morgan fingerprint density at radius 3 is 2.65 bits per heavy atom. The van der Waals surface area contributed by atoms with E-state index >= 15 is 0 Å². The molecule has 1 aromatic heterocycles. The van der Waals surface area contributed by atoms with E-state index < -0.39 is 0 Å². The molecular weight excluding hydrogens is 264 g/mol. The van der Waals surface area contributed by atoms with Gasteiger partial charge in [0.1, 0.15) is 0 Å². The van der Waals surface area contributed by atoms with Gasteiger partial charge in [0.2, 0.25) is 0 Å². The lowest BCUT2D eigenvalue weighted by Gasteiger charge is -2.63. The normalized spacial score (nSPS) is 43.9. The monoisotopic (exact) mass is 290 g/mol. The van der Waals surface area contributed by atoms with Crippen LogP contribution in [0.2, 0.25) is 0 Å². The second-order valence-corrected chi connectivity index (χ2v) is 9.08. The van der Waals surface area contributed by atoms with Gasteiger partial charge in [-0.15, -0.1) is 11.3 Å². The van der Waals surface area contributed by atoms with Crippen molar-refractivity contribution in [1.29, 1.82) is 0 Å². The van der Waals surface area contributed by atoms with E-state index in [1.165, 1.54) is 43.5 Å². The Hall–Kier alpha value is -0.410. The number of likely N-dealkylation sites (N-methyl/N-ethyl adjacent to an activating group) is 1. The zero-order valence-corrected chi connectivity index (χ0v) is 13.5. The van der Waals surface area contributed by atoms with Gasteiger partial charge in [-0.1, -0.05) is 6.92 Å². The van der Waals surface area contributed by atoms with E-state index in [2.05, 4.69) is 29.7 Å². The van der Waals surface area contributed by atoms with Crippen LogP contribution < -0.4 is 5.32 Å². The highest BCUT2D eigenvalue weighted by Crippen LogP contribution is 2.66. The molecule has 4 aliphatic carbocycles. The number of thiazole rings is 1. The molecule has 110 valence electrons. The van der Waals surface area contributed by atoms with Crippen molar-refractivity contribution in [3.63, 3.8) is 0 Å². The molecule has 3 atom stereocenters. The van der Waals surface area contributed by atoms with E-state index in [1.807, 2.05) is 17.5 Å². The average Bonchev–Trinajstić information content (AvgIpc) is 2.85. The molecule has 0 amide bonds. The summed E-state index contributed by atoms with van der Waals surface area (Å²) in [5, 5.41) is 7.11. The number of hydrogen-bond acceptors (Lipinski definition) is 3. The Morgan fingerprint density at radius 2 is 2.10 bits per heavy atom. The largest absolute Gasteiger partial charge is 0.316 e. The van der Waals surface area contributed by atoms with E-state index in [9.17, 15) is 0 Å². The standard InChI is InChI=1S/C17H26N2S/c1-16-7-12-5-13(8-16)10-17(9-12,11-16)14(18-2)6-15-19-3-4-20-15/h3-4,12-14,18H,5-11H2,1-2H3. The van der Waals surface area contributed by atoms with Gasteiger partial charge in [0.05, 0.1) is 5.01 Å². The fourth-order valence-electron chi connectivity index (χ4n) is 6.36. The number of rotatable bonds is 4. The summed E-state index contributed by atoms with van der Waals surface area (Å²) in [7, 11) is 2.17. The smallest absolute Gasteiger partial charge is 0.0940 e. The Bertz CT molecular complexity index is 467. The molecule has 0 radical (unpaired) electrons. The third kappa shape index (κ3) is 2.05. The quantitative estimate of drug-likeness (QED) is 0.910. The van der Waals surface area contributed by atoms with Crippen molar-refractivity contribution in [1.82, 2.24) is 10.3 Å². The molecular formula is C17H26N2S. The van der Waals surface area contributed by atoms with E-state index in [0.29, 0.717) is 16.9 Å². The van der Waals surface area contributed by atoms with Gasteiger partial charge >= 0.3 is 0 Å². The van der Waals surface area contributed by atoms with Gasteiger partial charge in [0.25, 0.3) is 0 Å². The van der Waals surface area contributed by atoms with Gasteiger partial charge in [-0.25, -0.2) is 4.98 Å². The van der Waals surface area contributed by atoms with Crippen LogP contribution in [0.15, 0.2) is 11.6 Å². The van der Waals surface area contributed by atoms with Crippen LogP contribution in [-0.2, 0) is 6.42 Å². The lowest BCUT2D eigenvalue weighted by molar-refractivity contribution is -0.117. The molecule has 4 saturated carbocycles. The Labute approximate surface area is 126 Å². The summed E-state index contributed by atoms with van der Waals surface area (Å²) < 4.78 is 0. The summed E-state index contributed by atoms with van der Waals surface area (Å²) in [5.74, 6) is 2.02. The van der Waals surface area contributed by atoms with Gasteiger partial charge in [-0.2, -0.15) is 0 Å². The van der Waals surface area contributed by atoms with Gasteiger partial charge in [0, 0.05) is 24.0 Å². The first-order valence-electron chi connectivity index (χ1n) is 8.16. The summed E-state index contributed by atoms with van der Waals surface area (Å²) in [6.45, 7) is 2.56. The lowest BCUT2D eigenvalue weighted by atomic mass is 9.43. The van der Waals surface area contributed by atoms with Crippen LogP contribution in [0.4, 0.5) is 0 Å². The fraction of sp³-hybridized carbons (Fsp3) is 0.824. The van der Waals surface area contributed by atoms with Crippen LogP contribution in [0.1, 0.15) is 50.5 Å². The molecule has 2 nitrogen and oxygen atoms in total. The first-order valence-corrected chi connectivity index (χ1v) is 9.04. The molecule has 1 N–H and O–H groups in total. The summed E-state index contributed by atoms with van der Waals surface area (Å²) in [6.07, 6.45) is 12.0. The highest BCUT2D eigenvalue weighted by Gasteiger charge is 2.57. The van der Waals surface area contributed by atoms with Crippen LogP contribution in [0, 0.1) is 22.7 Å². The minimum absolute atomic E-state index is 0.555. The SMILES string of the molecule is CNC(Cc1nccs1)C12CC3CC(CC(C)(C3)C1)C2. The van der Waals surface area contributed by atoms with Crippen LogP contribution in [0.25, 0.3) is 0 Å². The second-order valence-electron chi connectivity index (χ2n) is 8.11. The molecule has 4 aliphatic rings. The minimum Gasteiger partial charge on any atom is -0.316 e. The van der Waals surface area contributed by atoms with E-state index in [0.717, 1.165) is 18.3 Å². The molecule has 1 aromatic rings. The maximum Gasteiger partial charge on any atom is 0.0940 e. The maximum absolute atomic E-state index is 4.53. The predicted molar refractivity (Wildman–Crippen MR) is 83.9 cm³/mol. The topological polar surface area (TPSA) is 24.9 Å². The van der Waals surface area contributed by atoms with Crippen LogP contribution >= 0.6 is 11.3 Å². The van der Waals surface area contributed by atoms with Gasteiger partial charge in [-0.05, 0) is 68.2 Å². The maximum atomic E-state index is 4.53. The molecule has 0 saturated heterocycles. The number of nitrogens with zero attached hydrogens (tertiary/aromatic N) is 1. The third-order valence-corrected chi connectivity index (χ3v) is 7.15. The van der Waals surface area contributed by atoms with E-state index in [1.54, 1.807) is 0 Å². The lowest BCUT2D eigenvalue weighted by Crippen LogP contribution is -2.58. The molecule has 1 heterocycles. The molecule has 5 rings (SSSR count). The van der Waals surface area contributed by atoms with Crippen LogP contribution in [-0.4, -0.2) is 18.1 Å². The molecule has 0 aromatic carbocycles. The van der Waals surface area contributed by atoms with Crippen molar-refractivity contribution in [3.8, 4) is 0 Å². The molecule has 0 aliphatic heterocycles. The van der Waals surface area contributed by atoms with Gasteiger partial charge in [-0.3, -0.25) is 0 Å². The minimum atomic E-state index is 0.555. The average molecular weight is 290 g/mol. The van der Waals surface area contributed by atoms with Crippen molar-refractivity contribution in [2.75, 3.05) is 7.05 Å². The van der Waals surface area contributed by atoms with Crippen LogP contribution in [0.3, 0.4) is 0 Å². The van der Waals surface area contributed by atoms with Crippen molar-refractivity contribution >= 4 is 11.3 Å². The second kappa shape index (κ2) is 4.54. The first-order chi connectivity index (χ1) is 9.61. The molecule has 3 heteroatoms. The van der Waals surface area contributed by atoms with E-state index in [-0.39, 0.29) is 0 Å². The summed E-state index contributed by atoms with van der Waals surface area (Å²) in [5.41, 5.74) is 1.20. The summed E-state index contributed by atoms with van der Waals surface area (Å²) in [6, 6.07) is 0.624. The molecule has 20 heavy (non-hydrogen) atoms. The molecule has 3 unspecified atom stereocenters. The molecule has 4 fully saturated rings. The van der Waals surface area contributed by atoms with Gasteiger partial charge in [0.15, 0.2) is 0 Å². The van der Waals surface area contributed by atoms with E-state index in [4.69, 9.17) is 0 Å². The van der Waals surface area contributed by atoms with Crippen LogP contribution in [0.5, 0.6) is 0 Å². The Balaban J connectivity index is 1.62. The van der Waals surface area contributed by atoms with Crippen molar-refractivity contribution in [2.24, 2.45) is 22.7 Å². The first kappa shape index (κ1) is 13.3. The van der Waals surface area contributed by atoms with Crippen molar-refractivity contribution in [2.45, 2.75) is 57.9 Å². The van der Waals surface area contributed by atoms with Crippen molar-refractivity contribution < 1.29 is 0 Å². The third-order valence-electron chi connectivity index (χ3n) is 6.35. The number of aromatic nitrogens is 1. The zero-order valence-electron chi connectivity index (χ0n) is 12.7. The fourth-order valence-corrected chi connectivity index (χ4v) is 7.02. The molecule has 4 bridgehead atoms. The predicted octanol–water partition coefficient (Wildman–Crippen LogP) is 3.88. The highest BCUT2D eigenvalue weighted by molar-refractivity contribution is 7.09. The van der Waals surface area contributed by atoms with Gasteiger partial charge < -0.3 is 5.32 Å². The summed E-state index contributed by atoms with van der Waals surface area (Å²) in [4.78, 5) is 4.53. The number of nitrogens with one attached hydrogen (secondary N) is 1. The van der Waals surface area contributed by atoms with Crippen molar-refractivity contribution in [3.05, 3.63) is 16.6 Å². The molecule has 0 spiro atoms. The summed E-state index contributed by atoms with van der Waals surface area (Å²) >= 11 is 1.82. The Morgan fingerprint density at radius 1 is 1.35 bits per heavy atom. The zero-order chi connectivity index (χ0) is 13.8. The highest BCUT2D eigenvalue weighted by atomic mass is 32.1. The Kier molecular flexibility index (Phi) is 3.01.